The van der Waals surface area contributed by atoms with Gasteiger partial charge in [-0.2, -0.15) is 0 Å². The third kappa shape index (κ3) is 3.22. The summed E-state index contributed by atoms with van der Waals surface area (Å²) in [5, 5.41) is 13.2. The molecule has 4 aliphatic carbocycles. The molecule has 5 heteroatoms. The number of benzene rings is 1. The highest BCUT2D eigenvalue weighted by molar-refractivity contribution is 6.30. The van der Waals surface area contributed by atoms with Crippen LogP contribution in [0.15, 0.2) is 30.5 Å². The third-order valence-corrected chi connectivity index (χ3v) is 6.84. The van der Waals surface area contributed by atoms with Gasteiger partial charge in [0.05, 0.1) is 18.4 Å². The monoisotopic (exact) mass is 356 g/mol. The fraction of sp³-hybridized carbons (Fsp3) is 0.600. The molecule has 132 valence electrons. The van der Waals surface area contributed by atoms with Crippen LogP contribution in [-0.4, -0.2) is 21.0 Å². The first-order chi connectivity index (χ1) is 12.2. The smallest absolute Gasteiger partial charge is 0.0965 e. The van der Waals surface area contributed by atoms with Gasteiger partial charge in [0.25, 0.3) is 0 Å². The summed E-state index contributed by atoms with van der Waals surface area (Å²) in [7, 11) is 0. The van der Waals surface area contributed by atoms with Crippen LogP contribution in [0.5, 0.6) is 0 Å². The molecule has 2 aromatic rings. The van der Waals surface area contributed by atoms with E-state index in [1.54, 1.807) is 0 Å². The van der Waals surface area contributed by atoms with Crippen LogP contribution in [0.25, 0.3) is 0 Å². The minimum absolute atomic E-state index is 0.703. The maximum atomic E-state index is 5.94. The molecule has 6 rings (SSSR count). The van der Waals surface area contributed by atoms with E-state index in [9.17, 15) is 0 Å². The van der Waals surface area contributed by atoms with E-state index in [1.165, 1.54) is 37.7 Å². The summed E-state index contributed by atoms with van der Waals surface area (Å²) in [6.45, 7) is 1.58. The largest absolute Gasteiger partial charge is 0.308 e. The van der Waals surface area contributed by atoms with Crippen LogP contribution in [-0.2, 0) is 13.1 Å². The van der Waals surface area contributed by atoms with Gasteiger partial charge in [-0.15, -0.1) is 5.10 Å². The second-order valence-corrected chi connectivity index (χ2v) is 8.81. The van der Waals surface area contributed by atoms with Crippen molar-refractivity contribution in [3.63, 3.8) is 0 Å². The molecule has 0 amide bonds. The zero-order valence-corrected chi connectivity index (χ0v) is 15.2. The Hall–Kier alpha value is -1.39. The molecule has 25 heavy (non-hydrogen) atoms. The van der Waals surface area contributed by atoms with Gasteiger partial charge in [-0.05, 0) is 73.5 Å². The first-order valence-electron chi connectivity index (χ1n) is 9.60. The number of halogens is 1. The van der Waals surface area contributed by atoms with Crippen LogP contribution >= 0.6 is 11.6 Å². The van der Waals surface area contributed by atoms with E-state index in [1.807, 2.05) is 28.9 Å². The maximum absolute atomic E-state index is 5.94. The Bertz CT molecular complexity index is 710. The number of nitrogens with one attached hydrogen (secondary N) is 1. The molecule has 4 bridgehead atoms. The average Bonchev–Trinajstić information content (AvgIpc) is 3.03. The first-order valence-corrected chi connectivity index (χ1v) is 9.97. The minimum atomic E-state index is 0.703. The molecular weight excluding hydrogens is 332 g/mol. The average molecular weight is 357 g/mol. The summed E-state index contributed by atoms with van der Waals surface area (Å²) in [6.07, 6.45) is 9.39. The zero-order chi connectivity index (χ0) is 16.8. The number of aromatic nitrogens is 3. The van der Waals surface area contributed by atoms with Gasteiger partial charge in [-0.3, -0.25) is 0 Å². The van der Waals surface area contributed by atoms with Gasteiger partial charge in [0.15, 0.2) is 0 Å². The molecule has 0 unspecified atom stereocenters. The van der Waals surface area contributed by atoms with Crippen LogP contribution in [0.2, 0.25) is 5.02 Å². The van der Waals surface area contributed by atoms with E-state index in [2.05, 4.69) is 21.8 Å². The van der Waals surface area contributed by atoms with Crippen LogP contribution in [0.3, 0.4) is 0 Å². The Balaban J connectivity index is 1.19. The van der Waals surface area contributed by atoms with Crippen molar-refractivity contribution < 1.29 is 0 Å². The van der Waals surface area contributed by atoms with E-state index in [4.69, 9.17) is 11.6 Å². The Labute approximate surface area is 153 Å². The molecule has 4 nitrogen and oxygen atoms in total. The van der Waals surface area contributed by atoms with Crippen molar-refractivity contribution in [3.05, 3.63) is 46.7 Å². The molecule has 4 saturated carbocycles. The maximum Gasteiger partial charge on any atom is 0.0965 e. The van der Waals surface area contributed by atoms with Crippen molar-refractivity contribution in [3.8, 4) is 0 Å². The van der Waals surface area contributed by atoms with Crippen molar-refractivity contribution in [2.45, 2.75) is 51.2 Å². The predicted molar refractivity (Wildman–Crippen MR) is 98.2 cm³/mol. The molecule has 0 atom stereocenters. The molecule has 1 aromatic heterocycles. The molecule has 1 heterocycles. The van der Waals surface area contributed by atoms with Crippen molar-refractivity contribution in [1.82, 2.24) is 20.3 Å². The van der Waals surface area contributed by atoms with Gasteiger partial charge in [0, 0.05) is 17.6 Å². The lowest BCUT2D eigenvalue weighted by Gasteiger charge is -2.54. The first kappa shape index (κ1) is 15.8. The summed E-state index contributed by atoms with van der Waals surface area (Å²) in [5.74, 6) is 3.86. The van der Waals surface area contributed by atoms with E-state index in [0.29, 0.717) is 6.04 Å². The fourth-order valence-corrected chi connectivity index (χ4v) is 5.88. The van der Waals surface area contributed by atoms with E-state index < -0.39 is 0 Å². The SMILES string of the molecule is Clc1ccc(Cn2cc(CNC3C4CC5CC(C4)CC3C5)nn2)cc1. The quantitative estimate of drug-likeness (QED) is 0.883. The minimum Gasteiger partial charge on any atom is -0.308 e. The lowest BCUT2D eigenvalue weighted by molar-refractivity contribution is -0.0143. The van der Waals surface area contributed by atoms with Gasteiger partial charge in [-0.1, -0.05) is 28.9 Å². The molecule has 1 aromatic carbocycles. The van der Waals surface area contributed by atoms with Crippen molar-refractivity contribution in [2.24, 2.45) is 23.7 Å². The standard InChI is InChI=1S/C20H25ClN4/c21-18-3-1-13(2-4-18)11-25-12-19(23-24-25)10-22-20-16-6-14-5-15(8-16)9-17(20)7-14/h1-4,12,14-17,20,22H,5-11H2. The van der Waals surface area contributed by atoms with Gasteiger partial charge in [-0.25, -0.2) is 4.68 Å². The summed E-state index contributed by atoms with van der Waals surface area (Å²) in [4.78, 5) is 0. The Kier molecular flexibility index (Phi) is 4.05. The van der Waals surface area contributed by atoms with Crippen molar-refractivity contribution >= 4 is 11.6 Å². The van der Waals surface area contributed by atoms with E-state index >= 15 is 0 Å². The predicted octanol–water partition coefficient (Wildman–Crippen LogP) is 3.89. The van der Waals surface area contributed by atoms with Gasteiger partial charge < -0.3 is 5.32 Å². The Morgan fingerprint density at radius 2 is 1.68 bits per heavy atom. The van der Waals surface area contributed by atoms with E-state index in [0.717, 1.165) is 47.5 Å². The summed E-state index contributed by atoms with van der Waals surface area (Å²) >= 11 is 5.94. The highest BCUT2D eigenvalue weighted by atomic mass is 35.5. The number of rotatable bonds is 5. The number of hydrogen-bond acceptors (Lipinski definition) is 3. The van der Waals surface area contributed by atoms with Gasteiger partial charge >= 0.3 is 0 Å². The fourth-order valence-electron chi connectivity index (χ4n) is 5.75. The second-order valence-electron chi connectivity index (χ2n) is 8.37. The Morgan fingerprint density at radius 3 is 2.36 bits per heavy atom. The van der Waals surface area contributed by atoms with Crippen LogP contribution in [0, 0.1) is 23.7 Å². The van der Waals surface area contributed by atoms with Crippen molar-refractivity contribution in [2.75, 3.05) is 0 Å². The van der Waals surface area contributed by atoms with Crippen molar-refractivity contribution in [1.29, 1.82) is 0 Å². The highest BCUT2D eigenvalue weighted by Crippen LogP contribution is 2.53. The second kappa shape index (κ2) is 6.40. The molecule has 0 radical (unpaired) electrons. The van der Waals surface area contributed by atoms with E-state index in [-0.39, 0.29) is 0 Å². The summed E-state index contributed by atoms with van der Waals surface area (Å²) in [5.41, 5.74) is 2.23. The normalized spacial score (nSPS) is 33.1. The molecule has 0 aliphatic heterocycles. The van der Waals surface area contributed by atoms with Gasteiger partial charge in [0.2, 0.25) is 0 Å². The third-order valence-electron chi connectivity index (χ3n) is 6.59. The topological polar surface area (TPSA) is 42.7 Å². The lowest BCUT2D eigenvalue weighted by atomic mass is 9.54. The number of nitrogens with zero attached hydrogens (tertiary/aromatic N) is 3. The Morgan fingerprint density at radius 1 is 1.00 bits per heavy atom. The number of hydrogen-bond donors (Lipinski definition) is 1. The summed E-state index contributed by atoms with van der Waals surface area (Å²) in [6, 6.07) is 8.62. The molecule has 0 saturated heterocycles. The van der Waals surface area contributed by atoms with Gasteiger partial charge in [0.1, 0.15) is 0 Å². The van der Waals surface area contributed by atoms with Crippen LogP contribution in [0.4, 0.5) is 0 Å². The summed E-state index contributed by atoms with van der Waals surface area (Å²) < 4.78 is 1.91. The van der Waals surface area contributed by atoms with Crippen LogP contribution in [0.1, 0.15) is 43.4 Å². The highest BCUT2D eigenvalue weighted by Gasteiger charge is 2.47. The molecule has 0 spiro atoms. The molecule has 4 aliphatic rings. The van der Waals surface area contributed by atoms with Crippen LogP contribution < -0.4 is 5.32 Å². The molecular formula is C20H25ClN4. The molecule has 4 fully saturated rings. The lowest BCUT2D eigenvalue weighted by Crippen LogP contribution is -2.54. The molecule has 1 N–H and O–H groups in total. The zero-order valence-electron chi connectivity index (χ0n) is 14.4.